The summed E-state index contributed by atoms with van der Waals surface area (Å²) in [5, 5.41) is 12.9. The molecule has 0 saturated heterocycles. The van der Waals surface area contributed by atoms with Gasteiger partial charge in [0.2, 0.25) is 5.43 Å². The fourth-order valence-electron chi connectivity index (χ4n) is 4.49. The van der Waals surface area contributed by atoms with Crippen molar-refractivity contribution in [3.05, 3.63) is 63.4 Å². The molecule has 1 saturated carbocycles. The van der Waals surface area contributed by atoms with Crippen molar-refractivity contribution in [1.82, 2.24) is 9.88 Å². The van der Waals surface area contributed by atoms with Gasteiger partial charge in [0.1, 0.15) is 5.56 Å². The Hall–Kier alpha value is -3.26. The Kier molecular flexibility index (Phi) is 4.97. The number of alkyl halides is 2. The van der Waals surface area contributed by atoms with Gasteiger partial charge in [0.25, 0.3) is 0 Å². The Morgan fingerprint density at radius 2 is 2.00 bits per heavy atom. The molecule has 5 rings (SSSR count). The van der Waals surface area contributed by atoms with Crippen molar-refractivity contribution in [2.24, 2.45) is 0 Å². The van der Waals surface area contributed by atoms with Crippen molar-refractivity contribution in [1.29, 1.82) is 0 Å². The van der Waals surface area contributed by atoms with Crippen LogP contribution in [0.2, 0.25) is 0 Å². The molecular weight excluding hydrogens is 418 g/mol. The van der Waals surface area contributed by atoms with Gasteiger partial charge in [-0.1, -0.05) is 12.1 Å². The zero-order chi connectivity index (χ0) is 22.6. The van der Waals surface area contributed by atoms with Crippen molar-refractivity contribution >= 4 is 16.9 Å². The van der Waals surface area contributed by atoms with Crippen molar-refractivity contribution in [2.45, 2.75) is 51.4 Å². The Bertz CT molecular complexity index is 1300. The van der Waals surface area contributed by atoms with Crippen LogP contribution in [0.3, 0.4) is 0 Å². The van der Waals surface area contributed by atoms with Gasteiger partial charge in [0.15, 0.2) is 5.75 Å². The Labute approximate surface area is 182 Å². The maximum atomic E-state index is 13.5. The van der Waals surface area contributed by atoms with Crippen LogP contribution < -0.4 is 15.5 Å². The average Bonchev–Trinajstić information content (AvgIpc) is 3.58. The molecule has 166 valence electrons. The lowest BCUT2D eigenvalue weighted by molar-refractivity contribution is -0.0486. The number of ether oxygens (including phenoxy) is 1. The van der Waals surface area contributed by atoms with E-state index in [1.165, 1.54) is 17.8 Å². The summed E-state index contributed by atoms with van der Waals surface area (Å²) in [7, 11) is 0. The van der Waals surface area contributed by atoms with Gasteiger partial charge >= 0.3 is 12.6 Å². The van der Waals surface area contributed by atoms with Crippen LogP contribution in [0.4, 0.5) is 8.78 Å². The van der Waals surface area contributed by atoms with Gasteiger partial charge in [-0.2, -0.15) is 8.78 Å². The minimum atomic E-state index is -3.10. The first-order chi connectivity index (χ1) is 15.3. The van der Waals surface area contributed by atoms with Crippen molar-refractivity contribution in [3.63, 3.8) is 0 Å². The van der Waals surface area contributed by atoms with E-state index < -0.39 is 18.0 Å². The summed E-state index contributed by atoms with van der Waals surface area (Å²) in [6.07, 6.45) is 3.69. The number of carboxylic acid groups (broad SMARTS) is 1. The highest BCUT2D eigenvalue weighted by Crippen LogP contribution is 2.43. The van der Waals surface area contributed by atoms with E-state index in [2.05, 4.69) is 12.2 Å². The standard InChI is InChI=1S/C24H22F2N2O4/c1-12-8-13-2-3-14(9-15(13)10-27-12)17-6-7-18-20(22(17)32-24(25)26)28(16-4-5-16)11-19(21(18)29)23(30)31/h2-3,6-7,9,11-12,16,24,27H,4-5,8,10H2,1H3,(H,30,31)/t12-/m1/s1. The minimum absolute atomic E-state index is 0.0549. The van der Waals surface area contributed by atoms with E-state index in [-0.39, 0.29) is 28.3 Å². The molecule has 0 bridgehead atoms. The Balaban J connectivity index is 1.77. The molecule has 0 amide bonds. The number of carbonyl (C=O) groups is 1. The lowest BCUT2D eigenvalue weighted by atomic mass is 9.92. The lowest BCUT2D eigenvalue weighted by Crippen LogP contribution is -2.32. The lowest BCUT2D eigenvalue weighted by Gasteiger charge is -2.24. The van der Waals surface area contributed by atoms with E-state index in [4.69, 9.17) is 4.74 Å². The fraction of sp³-hybridized carbons (Fsp3) is 0.333. The van der Waals surface area contributed by atoms with Crippen molar-refractivity contribution in [2.75, 3.05) is 0 Å². The summed E-state index contributed by atoms with van der Waals surface area (Å²) in [5.41, 5.74) is 2.56. The summed E-state index contributed by atoms with van der Waals surface area (Å²) in [5.74, 6) is -1.45. The zero-order valence-corrected chi connectivity index (χ0v) is 17.4. The number of carboxylic acids is 1. The molecule has 0 spiro atoms. The number of rotatable bonds is 5. The zero-order valence-electron chi connectivity index (χ0n) is 17.4. The Morgan fingerprint density at radius 1 is 1.22 bits per heavy atom. The molecule has 0 unspecified atom stereocenters. The molecule has 1 aliphatic heterocycles. The summed E-state index contributed by atoms with van der Waals surface area (Å²) in [4.78, 5) is 24.4. The number of fused-ring (bicyclic) bond motifs is 2. The number of benzene rings is 2. The third-order valence-electron chi connectivity index (χ3n) is 6.21. The molecule has 1 aliphatic carbocycles. The van der Waals surface area contributed by atoms with Crippen LogP contribution in [-0.4, -0.2) is 28.3 Å². The van der Waals surface area contributed by atoms with Crippen LogP contribution in [0.1, 0.15) is 47.3 Å². The van der Waals surface area contributed by atoms with E-state index >= 15 is 0 Å². The highest BCUT2D eigenvalue weighted by atomic mass is 19.3. The van der Waals surface area contributed by atoms with Crippen LogP contribution in [0, 0.1) is 0 Å². The molecule has 6 nitrogen and oxygen atoms in total. The number of pyridine rings is 1. The molecule has 2 aromatic carbocycles. The smallest absolute Gasteiger partial charge is 0.387 e. The van der Waals surface area contributed by atoms with Crippen LogP contribution in [0.25, 0.3) is 22.0 Å². The highest BCUT2D eigenvalue weighted by molar-refractivity contribution is 5.97. The summed E-state index contributed by atoms with van der Waals surface area (Å²) in [6, 6.07) is 9.21. The first-order valence-corrected chi connectivity index (χ1v) is 10.6. The van der Waals surface area contributed by atoms with E-state index in [0.717, 1.165) is 24.8 Å². The van der Waals surface area contributed by atoms with Crippen LogP contribution in [0.15, 0.2) is 41.3 Å². The number of nitrogens with zero attached hydrogens (tertiary/aromatic N) is 1. The SMILES string of the molecule is C[C@@H]1Cc2ccc(-c3ccc4c(=O)c(C(=O)O)cn(C5CC5)c4c3OC(F)F)cc2CN1. The van der Waals surface area contributed by atoms with Gasteiger partial charge in [-0.25, -0.2) is 4.79 Å². The number of aromatic nitrogens is 1. The number of halogens is 2. The maximum absolute atomic E-state index is 13.5. The van der Waals surface area contributed by atoms with Gasteiger partial charge in [0.05, 0.1) is 10.9 Å². The van der Waals surface area contributed by atoms with Crippen LogP contribution in [0.5, 0.6) is 5.75 Å². The predicted molar refractivity (Wildman–Crippen MR) is 116 cm³/mol. The molecule has 1 fully saturated rings. The second-order valence-corrected chi connectivity index (χ2v) is 8.50. The van der Waals surface area contributed by atoms with Gasteiger partial charge in [-0.05, 0) is 61.1 Å². The third kappa shape index (κ3) is 3.54. The molecule has 8 heteroatoms. The molecule has 1 aromatic heterocycles. The summed E-state index contributed by atoms with van der Waals surface area (Å²) >= 11 is 0. The molecule has 2 heterocycles. The van der Waals surface area contributed by atoms with Crippen LogP contribution >= 0.6 is 0 Å². The molecular formula is C24H22F2N2O4. The van der Waals surface area contributed by atoms with Gasteiger partial charge in [-0.3, -0.25) is 4.79 Å². The largest absolute Gasteiger partial charge is 0.477 e. The van der Waals surface area contributed by atoms with Crippen LogP contribution in [-0.2, 0) is 13.0 Å². The summed E-state index contributed by atoms with van der Waals surface area (Å²) in [6.45, 7) is -0.309. The maximum Gasteiger partial charge on any atom is 0.387 e. The molecule has 0 radical (unpaired) electrons. The molecule has 3 aromatic rings. The number of aromatic carboxylic acids is 1. The van der Waals surface area contributed by atoms with Crippen molar-refractivity contribution in [3.8, 4) is 16.9 Å². The molecule has 2 aliphatic rings. The van der Waals surface area contributed by atoms with Gasteiger partial charge < -0.3 is 19.7 Å². The number of hydrogen-bond acceptors (Lipinski definition) is 4. The molecule has 1 atom stereocenters. The van der Waals surface area contributed by atoms with Crippen molar-refractivity contribution < 1.29 is 23.4 Å². The predicted octanol–water partition coefficient (Wildman–Crippen LogP) is 4.34. The van der Waals surface area contributed by atoms with Gasteiger partial charge in [-0.15, -0.1) is 0 Å². The molecule has 32 heavy (non-hydrogen) atoms. The summed E-state index contributed by atoms with van der Waals surface area (Å²) < 4.78 is 33.6. The second kappa shape index (κ2) is 7.70. The fourth-order valence-corrected chi connectivity index (χ4v) is 4.49. The Morgan fingerprint density at radius 3 is 2.69 bits per heavy atom. The second-order valence-electron chi connectivity index (χ2n) is 8.50. The third-order valence-corrected chi connectivity index (χ3v) is 6.21. The van der Waals surface area contributed by atoms with E-state index in [9.17, 15) is 23.5 Å². The topological polar surface area (TPSA) is 80.6 Å². The quantitative estimate of drug-likeness (QED) is 0.617. The number of hydrogen-bond donors (Lipinski definition) is 2. The molecule has 2 N–H and O–H groups in total. The minimum Gasteiger partial charge on any atom is -0.477 e. The van der Waals surface area contributed by atoms with Gasteiger partial charge in [0, 0.05) is 30.4 Å². The van der Waals surface area contributed by atoms with E-state index in [0.29, 0.717) is 23.7 Å². The average molecular weight is 440 g/mol. The van der Waals surface area contributed by atoms with E-state index in [1.807, 2.05) is 18.2 Å². The highest BCUT2D eigenvalue weighted by Gasteiger charge is 2.30. The first kappa shape index (κ1) is 20.6. The normalized spacial score (nSPS) is 18.1. The number of nitrogens with one attached hydrogen (secondary N) is 1. The monoisotopic (exact) mass is 440 g/mol. The van der Waals surface area contributed by atoms with E-state index in [1.54, 1.807) is 10.6 Å². The first-order valence-electron chi connectivity index (χ1n) is 10.6.